The van der Waals surface area contributed by atoms with Crippen molar-refractivity contribution in [2.24, 2.45) is 0 Å². The standard InChI is InChI=1S/C17H16F3NO3/c1-16(23,14-3-2-10-24-14)11-21-15(22)9-6-12-4-7-13(8-5-12)17(18,19)20/h2-10,23H,11H2,1H3,(H,21,22). The number of aliphatic hydroxyl groups is 1. The molecule has 24 heavy (non-hydrogen) atoms. The van der Waals surface area contributed by atoms with Crippen molar-refractivity contribution in [3.63, 3.8) is 0 Å². The summed E-state index contributed by atoms with van der Waals surface area (Å²) >= 11 is 0. The van der Waals surface area contributed by atoms with Crippen molar-refractivity contribution in [1.29, 1.82) is 0 Å². The monoisotopic (exact) mass is 339 g/mol. The highest BCUT2D eigenvalue weighted by Crippen LogP contribution is 2.29. The Bertz CT molecular complexity index is 702. The first kappa shape index (κ1) is 17.8. The zero-order valence-electron chi connectivity index (χ0n) is 12.8. The summed E-state index contributed by atoms with van der Waals surface area (Å²) in [5.74, 6) is -0.170. The van der Waals surface area contributed by atoms with Crippen molar-refractivity contribution in [3.8, 4) is 0 Å². The van der Waals surface area contributed by atoms with Gasteiger partial charge in [-0.1, -0.05) is 12.1 Å². The second-order valence-electron chi connectivity index (χ2n) is 5.42. The highest BCUT2D eigenvalue weighted by molar-refractivity contribution is 5.91. The Morgan fingerprint density at radius 1 is 1.25 bits per heavy atom. The minimum absolute atomic E-state index is 0.0727. The fraction of sp³-hybridized carbons (Fsp3) is 0.235. The Hall–Kier alpha value is -2.54. The van der Waals surface area contributed by atoms with Gasteiger partial charge in [-0.05, 0) is 42.8 Å². The molecule has 0 bridgehead atoms. The van der Waals surface area contributed by atoms with E-state index in [-0.39, 0.29) is 6.54 Å². The van der Waals surface area contributed by atoms with Gasteiger partial charge in [-0.15, -0.1) is 0 Å². The van der Waals surface area contributed by atoms with E-state index in [1.807, 2.05) is 0 Å². The molecule has 0 spiro atoms. The molecule has 0 aliphatic carbocycles. The molecule has 1 aromatic carbocycles. The van der Waals surface area contributed by atoms with E-state index in [4.69, 9.17) is 4.42 Å². The molecule has 1 heterocycles. The Kier molecular flexibility index (Phi) is 5.14. The van der Waals surface area contributed by atoms with Gasteiger partial charge in [0.05, 0.1) is 18.4 Å². The van der Waals surface area contributed by atoms with Crippen molar-refractivity contribution in [2.45, 2.75) is 18.7 Å². The third-order valence-corrected chi connectivity index (χ3v) is 3.32. The number of benzene rings is 1. The van der Waals surface area contributed by atoms with Gasteiger partial charge in [0, 0.05) is 6.08 Å². The van der Waals surface area contributed by atoms with Crippen LogP contribution in [-0.4, -0.2) is 17.6 Å². The average Bonchev–Trinajstić information content (AvgIpc) is 3.06. The fourth-order valence-electron chi connectivity index (χ4n) is 1.95. The van der Waals surface area contributed by atoms with Crippen LogP contribution in [0.5, 0.6) is 0 Å². The zero-order valence-corrected chi connectivity index (χ0v) is 12.8. The van der Waals surface area contributed by atoms with Crippen LogP contribution in [0.2, 0.25) is 0 Å². The summed E-state index contributed by atoms with van der Waals surface area (Å²) in [5, 5.41) is 12.7. The molecular weight excluding hydrogens is 323 g/mol. The van der Waals surface area contributed by atoms with E-state index in [1.54, 1.807) is 12.1 Å². The van der Waals surface area contributed by atoms with Crippen molar-refractivity contribution < 1.29 is 27.5 Å². The van der Waals surface area contributed by atoms with Crippen LogP contribution in [0.25, 0.3) is 6.08 Å². The SMILES string of the molecule is CC(O)(CNC(=O)C=Cc1ccc(C(F)(F)F)cc1)c1ccco1. The fourth-order valence-corrected chi connectivity index (χ4v) is 1.95. The number of alkyl halides is 3. The maximum absolute atomic E-state index is 12.4. The lowest BCUT2D eigenvalue weighted by molar-refractivity contribution is -0.137. The molecule has 0 radical (unpaired) electrons. The van der Waals surface area contributed by atoms with Crippen LogP contribution in [0.15, 0.2) is 53.2 Å². The Labute approximate surface area is 136 Å². The molecule has 1 aromatic heterocycles. The highest BCUT2D eigenvalue weighted by atomic mass is 19.4. The third kappa shape index (κ3) is 4.73. The second-order valence-corrected chi connectivity index (χ2v) is 5.42. The van der Waals surface area contributed by atoms with Gasteiger partial charge < -0.3 is 14.8 Å². The van der Waals surface area contributed by atoms with Gasteiger partial charge in [-0.2, -0.15) is 13.2 Å². The smallest absolute Gasteiger partial charge is 0.416 e. The predicted octanol–water partition coefficient (Wildman–Crippen LogP) is 3.34. The van der Waals surface area contributed by atoms with Crippen molar-refractivity contribution in [2.75, 3.05) is 6.54 Å². The van der Waals surface area contributed by atoms with Gasteiger partial charge >= 0.3 is 6.18 Å². The summed E-state index contributed by atoms with van der Waals surface area (Å²) in [6.45, 7) is 1.42. The zero-order chi connectivity index (χ0) is 17.8. The van der Waals surface area contributed by atoms with Gasteiger partial charge in [0.25, 0.3) is 0 Å². The molecule has 4 nitrogen and oxygen atoms in total. The van der Waals surface area contributed by atoms with Crippen LogP contribution in [0, 0.1) is 0 Å². The lowest BCUT2D eigenvalue weighted by Gasteiger charge is -2.20. The lowest BCUT2D eigenvalue weighted by atomic mass is 10.0. The maximum atomic E-state index is 12.4. The summed E-state index contributed by atoms with van der Waals surface area (Å²) in [6, 6.07) is 7.64. The van der Waals surface area contributed by atoms with E-state index in [0.29, 0.717) is 11.3 Å². The largest absolute Gasteiger partial charge is 0.466 e. The van der Waals surface area contributed by atoms with Crippen molar-refractivity contribution >= 4 is 12.0 Å². The molecule has 1 atom stereocenters. The van der Waals surface area contributed by atoms with E-state index in [9.17, 15) is 23.1 Å². The number of carbonyl (C=O) groups excluding carboxylic acids is 1. The molecule has 0 fully saturated rings. The molecule has 1 amide bonds. The van der Waals surface area contributed by atoms with Crippen LogP contribution in [0.4, 0.5) is 13.2 Å². The van der Waals surface area contributed by atoms with Crippen LogP contribution < -0.4 is 5.32 Å². The molecule has 128 valence electrons. The van der Waals surface area contributed by atoms with Crippen molar-refractivity contribution in [3.05, 3.63) is 65.6 Å². The van der Waals surface area contributed by atoms with Crippen LogP contribution in [-0.2, 0) is 16.6 Å². The van der Waals surface area contributed by atoms with Crippen LogP contribution in [0.1, 0.15) is 23.8 Å². The second kappa shape index (κ2) is 6.92. The van der Waals surface area contributed by atoms with Gasteiger partial charge in [-0.3, -0.25) is 4.79 Å². The third-order valence-electron chi connectivity index (χ3n) is 3.32. The van der Waals surface area contributed by atoms with E-state index in [0.717, 1.165) is 12.1 Å². The number of carbonyl (C=O) groups is 1. The predicted molar refractivity (Wildman–Crippen MR) is 81.8 cm³/mol. The number of amides is 1. The number of furan rings is 1. The molecule has 2 aromatic rings. The number of hydrogen-bond donors (Lipinski definition) is 2. The van der Waals surface area contributed by atoms with E-state index in [2.05, 4.69) is 5.32 Å². The molecule has 0 saturated carbocycles. The molecule has 0 saturated heterocycles. The molecule has 0 aliphatic rings. The van der Waals surface area contributed by atoms with Gasteiger partial charge in [-0.25, -0.2) is 0 Å². The average molecular weight is 339 g/mol. The van der Waals surface area contributed by atoms with Crippen LogP contribution >= 0.6 is 0 Å². The highest BCUT2D eigenvalue weighted by Gasteiger charge is 2.29. The maximum Gasteiger partial charge on any atom is 0.416 e. The lowest BCUT2D eigenvalue weighted by Crippen LogP contribution is -2.37. The molecule has 0 aliphatic heterocycles. The Morgan fingerprint density at radius 3 is 2.46 bits per heavy atom. The minimum Gasteiger partial charge on any atom is -0.466 e. The Morgan fingerprint density at radius 2 is 1.92 bits per heavy atom. The topological polar surface area (TPSA) is 62.5 Å². The number of nitrogens with one attached hydrogen (secondary N) is 1. The summed E-state index contributed by atoms with van der Waals surface area (Å²) in [7, 11) is 0. The minimum atomic E-state index is -4.39. The summed E-state index contributed by atoms with van der Waals surface area (Å²) in [4.78, 5) is 11.7. The molecule has 2 rings (SSSR count). The first-order chi connectivity index (χ1) is 11.2. The van der Waals surface area contributed by atoms with Gasteiger partial charge in [0.1, 0.15) is 11.4 Å². The molecule has 7 heteroatoms. The summed E-state index contributed by atoms with van der Waals surface area (Å²) in [6.07, 6.45) is -0.412. The van der Waals surface area contributed by atoms with E-state index in [1.165, 1.54) is 37.5 Å². The number of hydrogen-bond acceptors (Lipinski definition) is 3. The van der Waals surface area contributed by atoms with Crippen molar-refractivity contribution in [1.82, 2.24) is 5.32 Å². The number of halogens is 3. The quantitative estimate of drug-likeness (QED) is 0.822. The first-order valence-electron chi connectivity index (χ1n) is 7.08. The van der Waals surface area contributed by atoms with Crippen LogP contribution in [0.3, 0.4) is 0 Å². The molecule has 1 unspecified atom stereocenters. The molecular formula is C17H16F3NO3. The normalized spacial score (nSPS) is 14.5. The molecule has 2 N–H and O–H groups in total. The van der Waals surface area contributed by atoms with E-state index >= 15 is 0 Å². The first-order valence-corrected chi connectivity index (χ1v) is 7.08. The Balaban J connectivity index is 1.91. The number of rotatable bonds is 5. The summed E-state index contributed by atoms with van der Waals surface area (Å²) < 4.78 is 42.4. The van der Waals surface area contributed by atoms with E-state index < -0.39 is 23.2 Å². The summed E-state index contributed by atoms with van der Waals surface area (Å²) in [5.41, 5.74) is -1.66. The van der Waals surface area contributed by atoms with Gasteiger partial charge in [0.15, 0.2) is 0 Å². The van der Waals surface area contributed by atoms with Gasteiger partial charge in [0.2, 0.25) is 5.91 Å².